The van der Waals surface area contributed by atoms with E-state index in [1.807, 2.05) is 6.07 Å². The minimum absolute atomic E-state index is 0.219. The molecule has 0 bridgehead atoms. The van der Waals surface area contributed by atoms with Crippen LogP contribution < -0.4 is 0 Å². The molecule has 0 aliphatic heterocycles. The molecule has 0 amide bonds. The highest BCUT2D eigenvalue weighted by Crippen LogP contribution is 2.39. The van der Waals surface area contributed by atoms with Crippen molar-refractivity contribution in [2.75, 3.05) is 0 Å². The first kappa shape index (κ1) is 15.5. The summed E-state index contributed by atoms with van der Waals surface area (Å²) in [4.78, 5) is 0. The summed E-state index contributed by atoms with van der Waals surface area (Å²) in [5.41, 5.74) is 1.26. The fraction of sp³-hybridized carbons (Fsp3) is 0.625. The summed E-state index contributed by atoms with van der Waals surface area (Å²) in [5, 5.41) is 10.8. The summed E-state index contributed by atoms with van der Waals surface area (Å²) in [6.07, 6.45) is 3.18. The summed E-state index contributed by atoms with van der Waals surface area (Å²) in [7, 11) is -1.64. The third-order valence-corrected chi connectivity index (χ3v) is 7.51. The van der Waals surface area contributed by atoms with Crippen molar-refractivity contribution in [3.8, 4) is 0 Å². The van der Waals surface area contributed by atoms with Gasteiger partial charge in [0, 0.05) is 5.92 Å². The maximum Gasteiger partial charge on any atom is 0.0828 e. The maximum atomic E-state index is 11.3. The molecule has 0 saturated heterocycles. The highest BCUT2D eigenvalue weighted by Gasteiger charge is 2.45. The van der Waals surface area contributed by atoms with Crippen LogP contribution in [0.5, 0.6) is 0 Å². The lowest BCUT2D eigenvalue weighted by atomic mass is 9.91. The van der Waals surface area contributed by atoms with Gasteiger partial charge in [-0.25, -0.2) is 0 Å². The normalized spacial score (nSPS) is 17.2. The molecule has 18 heavy (non-hydrogen) atoms. The SMILES string of the molecule is CCCC[C@@](O)([C@@H](C)c1ccccc1)[Si](C)(C)C. The van der Waals surface area contributed by atoms with Crippen molar-refractivity contribution in [1.82, 2.24) is 0 Å². The number of hydrogen-bond donors (Lipinski definition) is 1. The van der Waals surface area contributed by atoms with Crippen molar-refractivity contribution in [3.63, 3.8) is 0 Å². The van der Waals surface area contributed by atoms with E-state index in [2.05, 4.69) is 57.8 Å². The average molecular weight is 264 g/mol. The van der Waals surface area contributed by atoms with Crippen LogP contribution in [0.2, 0.25) is 19.6 Å². The second-order valence-electron chi connectivity index (χ2n) is 6.41. The van der Waals surface area contributed by atoms with Crippen molar-refractivity contribution < 1.29 is 5.11 Å². The quantitative estimate of drug-likeness (QED) is 0.745. The van der Waals surface area contributed by atoms with E-state index in [1.165, 1.54) is 5.56 Å². The van der Waals surface area contributed by atoms with E-state index in [0.717, 1.165) is 19.3 Å². The van der Waals surface area contributed by atoms with Gasteiger partial charge in [0.25, 0.3) is 0 Å². The van der Waals surface area contributed by atoms with E-state index in [0.29, 0.717) is 0 Å². The van der Waals surface area contributed by atoms with Crippen LogP contribution in [0.25, 0.3) is 0 Å². The fourth-order valence-electron chi connectivity index (χ4n) is 2.70. The Morgan fingerprint density at radius 1 is 1.17 bits per heavy atom. The number of hydrogen-bond acceptors (Lipinski definition) is 1. The van der Waals surface area contributed by atoms with E-state index < -0.39 is 13.3 Å². The zero-order chi connectivity index (χ0) is 13.8. The van der Waals surface area contributed by atoms with Crippen LogP contribution in [0.3, 0.4) is 0 Å². The average Bonchev–Trinajstić information content (AvgIpc) is 2.34. The molecule has 0 unspecified atom stereocenters. The van der Waals surface area contributed by atoms with E-state index in [4.69, 9.17) is 0 Å². The first-order valence-electron chi connectivity index (χ1n) is 7.10. The predicted octanol–water partition coefficient (Wildman–Crippen LogP) is 4.59. The molecule has 1 rings (SSSR count). The minimum Gasteiger partial charge on any atom is -0.393 e. The van der Waals surface area contributed by atoms with Gasteiger partial charge < -0.3 is 5.11 Å². The Kier molecular flexibility index (Phi) is 5.17. The largest absolute Gasteiger partial charge is 0.393 e. The van der Waals surface area contributed by atoms with Crippen molar-refractivity contribution in [2.45, 2.75) is 63.9 Å². The molecule has 0 fully saturated rings. The van der Waals surface area contributed by atoms with Crippen LogP contribution in [0.1, 0.15) is 44.6 Å². The number of aliphatic hydroxyl groups is 1. The molecule has 1 aromatic carbocycles. The highest BCUT2D eigenvalue weighted by molar-refractivity contribution is 6.79. The third kappa shape index (κ3) is 3.24. The third-order valence-electron chi connectivity index (χ3n) is 4.23. The lowest BCUT2D eigenvalue weighted by Gasteiger charge is -2.44. The first-order valence-corrected chi connectivity index (χ1v) is 10.6. The van der Waals surface area contributed by atoms with Gasteiger partial charge in [0.1, 0.15) is 0 Å². The Morgan fingerprint density at radius 2 is 1.72 bits per heavy atom. The minimum atomic E-state index is -1.64. The number of rotatable bonds is 6. The second-order valence-corrected chi connectivity index (χ2v) is 11.8. The molecule has 0 radical (unpaired) electrons. The van der Waals surface area contributed by atoms with E-state index in [9.17, 15) is 5.11 Å². The molecule has 0 heterocycles. The molecular weight excluding hydrogens is 236 g/mol. The molecule has 0 aromatic heterocycles. The van der Waals surface area contributed by atoms with Gasteiger partial charge in [-0.3, -0.25) is 0 Å². The summed E-state index contributed by atoms with van der Waals surface area (Å²) in [5.74, 6) is 0.219. The van der Waals surface area contributed by atoms with Crippen LogP contribution in [0, 0.1) is 0 Å². The van der Waals surface area contributed by atoms with Gasteiger partial charge in [0.05, 0.1) is 13.3 Å². The molecular formula is C16H28OSi. The van der Waals surface area contributed by atoms with Crippen molar-refractivity contribution in [3.05, 3.63) is 35.9 Å². The maximum absolute atomic E-state index is 11.3. The standard InChI is InChI=1S/C16H28OSi/c1-6-7-13-16(17,18(3,4)5)14(2)15-11-9-8-10-12-15/h8-12,14,17H,6-7,13H2,1-5H3/t14-,16-/m0/s1. The zero-order valence-electron chi connectivity index (χ0n) is 12.5. The molecule has 1 nitrogen and oxygen atoms in total. The van der Waals surface area contributed by atoms with Gasteiger partial charge in [-0.1, -0.05) is 76.7 Å². The molecule has 0 saturated carbocycles. The Labute approximate surface area is 113 Å². The van der Waals surface area contributed by atoms with Crippen LogP contribution in [-0.2, 0) is 0 Å². The van der Waals surface area contributed by atoms with E-state index >= 15 is 0 Å². The van der Waals surface area contributed by atoms with Crippen molar-refractivity contribution in [2.24, 2.45) is 0 Å². The van der Waals surface area contributed by atoms with Gasteiger partial charge in [-0.15, -0.1) is 0 Å². The van der Waals surface area contributed by atoms with Crippen molar-refractivity contribution in [1.29, 1.82) is 0 Å². The van der Waals surface area contributed by atoms with E-state index in [1.54, 1.807) is 0 Å². The van der Waals surface area contributed by atoms with Gasteiger partial charge in [0.2, 0.25) is 0 Å². The van der Waals surface area contributed by atoms with Crippen LogP contribution in [-0.4, -0.2) is 18.4 Å². The molecule has 1 N–H and O–H groups in total. The molecule has 2 heteroatoms. The van der Waals surface area contributed by atoms with Gasteiger partial charge in [0.15, 0.2) is 0 Å². The first-order chi connectivity index (χ1) is 8.33. The van der Waals surface area contributed by atoms with Crippen LogP contribution >= 0.6 is 0 Å². The fourth-order valence-corrected chi connectivity index (χ4v) is 5.10. The number of benzene rings is 1. The molecule has 102 valence electrons. The smallest absolute Gasteiger partial charge is 0.0828 e. The van der Waals surface area contributed by atoms with Gasteiger partial charge in [-0.2, -0.15) is 0 Å². The summed E-state index contributed by atoms with van der Waals surface area (Å²) < 4.78 is 0. The summed E-state index contributed by atoms with van der Waals surface area (Å²) >= 11 is 0. The summed E-state index contributed by atoms with van der Waals surface area (Å²) in [6.45, 7) is 11.2. The Bertz CT molecular complexity index is 355. The Morgan fingerprint density at radius 3 is 2.17 bits per heavy atom. The molecule has 0 aliphatic rings. The monoisotopic (exact) mass is 264 g/mol. The molecule has 1 aromatic rings. The second kappa shape index (κ2) is 6.03. The van der Waals surface area contributed by atoms with E-state index in [-0.39, 0.29) is 5.92 Å². The van der Waals surface area contributed by atoms with Crippen LogP contribution in [0.4, 0.5) is 0 Å². The molecule has 2 atom stereocenters. The zero-order valence-corrected chi connectivity index (χ0v) is 13.5. The topological polar surface area (TPSA) is 20.2 Å². The van der Waals surface area contributed by atoms with Crippen molar-refractivity contribution >= 4 is 8.07 Å². The van der Waals surface area contributed by atoms with Gasteiger partial charge in [-0.05, 0) is 12.0 Å². The lowest BCUT2D eigenvalue weighted by molar-refractivity contribution is 0.0783. The lowest BCUT2D eigenvalue weighted by Crippen LogP contribution is -2.55. The van der Waals surface area contributed by atoms with Gasteiger partial charge >= 0.3 is 0 Å². The number of unbranched alkanes of at least 4 members (excludes halogenated alkanes) is 1. The van der Waals surface area contributed by atoms with Crippen LogP contribution in [0.15, 0.2) is 30.3 Å². The Hall–Kier alpha value is -0.603. The molecule has 0 aliphatic carbocycles. The summed E-state index contributed by atoms with van der Waals surface area (Å²) in [6, 6.07) is 10.5. The molecule has 0 spiro atoms. The predicted molar refractivity (Wildman–Crippen MR) is 82.7 cm³/mol. The Balaban J connectivity index is 3.04. The highest BCUT2D eigenvalue weighted by atomic mass is 28.3.